The largest absolute Gasteiger partial charge is 0.379 e. The van der Waals surface area contributed by atoms with E-state index in [4.69, 9.17) is 4.74 Å². The number of nitrogens with zero attached hydrogens (tertiary/aromatic N) is 2. The van der Waals surface area contributed by atoms with E-state index in [9.17, 15) is 0 Å². The quantitative estimate of drug-likeness (QED) is 0.184. The number of benzene rings is 1. The van der Waals surface area contributed by atoms with E-state index in [0.717, 1.165) is 50.7 Å². The summed E-state index contributed by atoms with van der Waals surface area (Å²) in [6, 6.07) is 6.21. The Morgan fingerprint density at radius 2 is 1.90 bits per heavy atom. The second kappa shape index (κ2) is 17.2. The molecule has 2 rings (SSSR count). The molecule has 0 amide bonds. The zero-order valence-electron chi connectivity index (χ0n) is 18.9. The van der Waals surface area contributed by atoms with Gasteiger partial charge in [-0.1, -0.05) is 70.5 Å². The van der Waals surface area contributed by atoms with Crippen molar-refractivity contribution < 1.29 is 6.16 Å². The van der Waals surface area contributed by atoms with E-state index in [0.29, 0.717) is 6.67 Å². The van der Waals surface area contributed by atoms with E-state index in [-0.39, 0.29) is 8.85 Å². The van der Waals surface area contributed by atoms with Crippen molar-refractivity contribution in [1.29, 1.82) is 0 Å². The molecule has 1 saturated heterocycles. The summed E-state index contributed by atoms with van der Waals surface area (Å²) in [5, 5.41) is 7.49. The van der Waals surface area contributed by atoms with Gasteiger partial charge in [-0.3, -0.25) is 15.6 Å². The molecule has 31 heavy (non-hydrogen) atoms. The van der Waals surface area contributed by atoms with Crippen LogP contribution in [0.5, 0.6) is 0 Å². The van der Waals surface area contributed by atoms with Gasteiger partial charge in [0.05, 0.1) is 25.6 Å². The van der Waals surface area contributed by atoms with Gasteiger partial charge in [-0.2, -0.15) is 5.10 Å². The first-order valence-electron chi connectivity index (χ1n) is 10.5. The molecular formula is C26H44N4O. The predicted octanol–water partition coefficient (Wildman–Crippen LogP) is 4.85. The van der Waals surface area contributed by atoms with Gasteiger partial charge in [-0.05, 0) is 43.2 Å². The maximum absolute atomic E-state index is 5.27. The second-order valence-corrected chi connectivity index (χ2v) is 6.96. The molecule has 1 aromatic rings. The third kappa shape index (κ3) is 10.9. The predicted molar refractivity (Wildman–Crippen MR) is 139 cm³/mol. The maximum atomic E-state index is 5.27. The van der Waals surface area contributed by atoms with Crippen LogP contribution in [-0.4, -0.2) is 56.7 Å². The first-order valence-corrected chi connectivity index (χ1v) is 10.5. The van der Waals surface area contributed by atoms with Gasteiger partial charge in [-0.25, -0.2) is 0 Å². The SMILES string of the molecule is C.C=C/C(=N\NCNCC)c1cccc(C)c1C.C=C/C=C(\C=C)CN1CCOCC1.[HH]. The van der Waals surface area contributed by atoms with Gasteiger partial charge in [0.25, 0.3) is 0 Å². The average molecular weight is 429 g/mol. The number of rotatable bonds is 10. The van der Waals surface area contributed by atoms with Gasteiger partial charge in [-0.15, -0.1) is 0 Å². The van der Waals surface area contributed by atoms with Crippen molar-refractivity contribution in [3.63, 3.8) is 0 Å². The van der Waals surface area contributed by atoms with Gasteiger partial charge in [0.2, 0.25) is 0 Å². The summed E-state index contributed by atoms with van der Waals surface area (Å²) >= 11 is 0. The smallest absolute Gasteiger partial charge is 0.0898 e. The molecule has 1 aromatic carbocycles. The third-order valence-electron chi connectivity index (χ3n) is 4.83. The van der Waals surface area contributed by atoms with Gasteiger partial charge in [0.1, 0.15) is 0 Å². The monoisotopic (exact) mass is 428 g/mol. The lowest BCUT2D eigenvalue weighted by Crippen LogP contribution is -2.37. The molecule has 5 heteroatoms. The molecule has 174 valence electrons. The van der Waals surface area contributed by atoms with Crippen LogP contribution in [0, 0.1) is 13.8 Å². The number of hydrogen-bond acceptors (Lipinski definition) is 5. The minimum atomic E-state index is 0. The van der Waals surface area contributed by atoms with Crippen LogP contribution in [0.1, 0.15) is 32.5 Å². The fourth-order valence-corrected chi connectivity index (χ4v) is 2.90. The number of morpholine rings is 1. The van der Waals surface area contributed by atoms with Crippen molar-refractivity contribution >= 4 is 5.71 Å². The summed E-state index contributed by atoms with van der Waals surface area (Å²) in [6.07, 6.45) is 7.47. The van der Waals surface area contributed by atoms with Gasteiger partial charge >= 0.3 is 0 Å². The van der Waals surface area contributed by atoms with E-state index < -0.39 is 0 Å². The summed E-state index contributed by atoms with van der Waals surface area (Å²) < 4.78 is 5.27. The molecule has 0 bridgehead atoms. The van der Waals surface area contributed by atoms with Crippen molar-refractivity contribution in [3.8, 4) is 0 Å². The molecule has 2 N–H and O–H groups in total. The molecule has 1 aliphatic rings. The molecular weight excluding hydrogens is 384 g/mol. The Bertz CT molecular complexity index is 737. The fourth-order valence-electron chi connectivity index (χ4n) is 2.90. The van der Waals surface area contributed by atoms with E-state index in [2.05, 4.69) is 73.4 Å². The Balaban J connectivity index is 0. The third-order valence-corrected chi connectivity index (χ3v) is 4.83. The highest BCUT2D eigenvalue weighted by Gasteiger charge is 2.10. The summed E-state index contributed by atoms with van der Waals surface area (Å²) in [5.41, 5.74) is 8.73. The molecule has 1 heterocycles. The number of allylic oxidation sites excluding steroid dienone is 3. The van der Waals surface area contributed by atoms with Gasteiger partial charge in [0, 0.05) is 26.6 Å². The van der Waals surface area contributed by atoms with Crippen LogP contribution in [0.25, 0.3) is 0 Å². The van der Waals surface area contributed by atoms with Gasteiger partial charge in [0.15, 0.2) is 0 Å². The number of hydrazone groups is 1. The van der Waals surface area contributed by atoms with E-state index >= 15 is 0 Å². The number of nitrogens with one attached hydrogen (secondary N) is 2. The number of aryl methyl sites for hydroxylation is 1. The summed E-state index contributed by atoms with van der Waals surface area (Å²) in [4.78, 5) is 2.36. The van der Waals surface area contributed by atoms with Crippen molar-refractivity contribution in [2.24, 2.45) is 5.10 Å². The Hall–Kier alpha value is -2.47. The highest BCUT2D eigenvalue weighted by molar-refractivity contribution is 6.09. The Labute approximate surface area is 191 Å². The zero-order chi connectivity index (χ0) is 22.2. The average Bonchev–Trinajstić information content (AvgIpc) is 2.77. The minimum Gasteiger partial charge on any atom is -0.379 e. The molecule has 0 atom stereocenters. The molecule has 0 spiro atoms. The van der Waals surface area contributed by atoms with Crippen LogP contribution < -0.4 is 10.7 Å². The lowest BCUT2D eigenvalue weighted by molar-refractivity contribution is 0.0426. The van der Waals surface area contributed by atoms with Crippen LogP contribution in [0.15, 0.2) is 72.9 Å². The standard InChI is InChI=1S/C14H21N3.C11H17NO.CH4.H2/c1-5-14(17-16-10-15-6-2)13-9-7-8-11(3)12(13)4;1-3-5-11(4-2)10-12-6-8-13-9-7-12;;/h5,7-9,15-16H,1,6,10H2,2-4H3;3-5H,1-2,6-10H2;1H4;1H/b17-14+;11-5+;;. The molecule has 5 nitrogen and oxygen atoms in total. The zero-order valence-corrected chi connectivity index (χ0v) is 18.9. The second-order valence-electron chi connectivity index (χ2n) is 6.96. The molecule has 0 aromatic heterocycles. The molecule has 0 saturated carbocycles. The first-order chi connectivity index (χ1) is 14.6. The molecule has 1 fully saturated rings. The lowest BCUT2D eigenvalue weighted by atomic mass is 10.00. The van der Waals surface area contributed by atoms with Crippen LogP contribution in [0.3, 0.4) is 0 Å². The van der Waals surface area contributed by atoms with E-state index in [1.165, 1.54) is 16.7 Å². The number of hydrogen-bond donors (Lipinski definition) is 2. The Kier molecular flexibility index (Phi) is 15.9. The summed E-state index contributed by atoms with van der Waals surface area (Å²) in [5.74, 6) is 0. The topological polar surface area (TPSA) is 48.9 Å². The summed E-state index contributed by atoms with van der Waals surface area (Å²) in [7, 11) is 0. The van der Waals surface area contributed by atoms with Crippen LogP contribution in [0.2, 0.25) is 0 Å². The minimum absolute atomic E-state index is 0. The molecule has 0 unspecified atom stereocenters. The van der Waals surface area contributed by atoms with Crippen molar-refractivity contribution in [2.75, 3.05) is 46.1 Å². The maximum Gasteiger partial charge on any atom is 0.0898 e. The van der Waals surface area contributed by atoms with Crippen LogP contribution in [0.4, 0.5) is 0 Å². The fraction of sp³-hybridized carbons (Fsp3) is 0.423. The first kappa shape index (κ1) is 28.5. The lowest BCUT2D eigenvalue weighted by Gasteiger charge is -2.26. The van der Waals surface area contributed by atoms with Crippen LogP contribution in [-0.2, 0) is 4.74 Å². The Morgan fingerprint density at radius 1 is 1.19 bits per heavy atom. The highest BCUT2D eigenvalue weighted by Crippen LogP contribution is 2.14. The van der Waals surface area contributed by atoms with Crippen LogP contribution >= 0.6 is 0 Å². The van der Waals surface area contributed by atoms with Gasteiger partial charge < -0.3 is 4.74 Å². The molecule has 0 aliphatic carbocycles. The highest BCUT2D eigenvalue weighted by atomic mass is 16.5. The van der Waals surface area contributed by atoms with Crippen molar-refractivity contribution in [2.45, 2.75) is 28.2 Å². The number of ether oxygens (including phenoxy) is 1. The van der Waals surface area contributed by atoms with Crippen molar-refractivity contribution in [3.05, 3.63) is 84.5 Å². The van der Waals surface area contributed by atoms with Crippen molar-refractivity contribution in [1.82, 2.24) is 15.6 Å². The Morgan fingerprint density at radius 3 is 2.48 bits per heavy atom. The molecule has 0 radical (unpaired) electrons. The van der Waals surface area contributed by atoms with E-state index in [1.807, 2.05) is 18.2 Å². The summed E-state index contributed by atoms with van der Waals surface area (Å²) in [6.45, 7) is 23.8. The normalized spacial score (nSPS) is 14.5. The molecule has 1 aliphatic heterocycles. The van der Waals surface area contributed by atoms with E-state index in [1.54, 1.807) is 12.2 Å².